The lowest BCUT2D eigenvalue weighted by atomic mass is 10.1. The third-order valence-corrected chi connectivity index (χ3v) is 4.87. The second-order valence-electron chi connectivity index (χ2n) is 4.73. The highest BCUT2D eigenvalue weighted by Crippen LogP contribution is 2.31. The van der Waals surface area contributed by atoms with E-state index in [1.165, 1.54) is 0 Å². The van der Waals surface area contributed by atoms with Crippen molar-refractivity contribution in [3.05, 3.63) is 50.6 Å². The average molecular weight is 351 g/mol. The predicted molar refractivity (Wildman–Crippen MR) is 86.3 cm³/mol. The molecule has 3 nitrogen and oxygen atoms in total. The third kappa shape index (κ3) is 2.66. The Kier molecular flexibility index (Phi) is 3.92. The van der Waals surface area contributed by atoms with E-state index in [4.69, 9.17) is 4.42 Å². The number of benzene rings is 1. The molecule has 1 aromatic carbocycles. The van der Waals surface area contributed by atoms with Gasteiger partial charge in [0.1, 0.15) is 11.3 Å². The first kappa shape index (κ1) is 13.8. The number of furan rings is 1. The van der Waals surface area contributed by atoms with Gasteiger partial charge >= 0.3 is 0 Å². The topological polar surface area (TPSA) is 38.1 Å². The largest absolute Gasteiger partial charge is 0.458 e. The van der Waals surface area contributed by atoms with Crippen LogP contribution >= 0.6 is 27.3 Å². The Hall–Kier alpha value is -1.17. The Labute approximate surface area is 130 Å². The molecule has 5 heteroatoms. The molecular weight excluding hydrogens is 336 g/mol. The molecule has 1 unspecified atom stereocenters. The number of halogens is 1. The zero-order valence-corrected chi connectivity index (χ0v) is 13.7. The van der Waals surface area contributed by atoms with Gasteiger partial charge in [-0.3, -0.25) is 0 Å². The van der Waals surface area contributed by atoms with E-state index in [-0.39, 0.29) is 6.04 Å². The summed E-state index contributed by atoms with van der Waals surface area (Å²) in [5, 5.41) is 7.64. The molecular formula is C15H15BrN2OS. The molecule has 20 heavy (non-hydrogen) atoms. The van der Waals surface area contributed by atoms with E-state index < -0.39 is 0 Å². The number of thiazole rings is 1. The number of nitrogens with zero attached hydrogens (tertiary/aromatic N) is 1. The fraction of sp³-hybridized carbons (Fsp3) is 0.267. The molecule has 2 aromatic heterocycles. The van der Waals surface area contributed by atoms with Crippen molar-refractivity contribution in [1.82, 2.24) is 10.3 Å². The molecule has 0 fully saturated rings. The van der Waals surface area contributed by atoms with Gasteiger partial charge in [0, 0.05) is 22.9 Å². The van der Waals surface area contributed by atoms with Crippen LogP contribution in [0.5, 0.6) is 0 Å². The minimum Gasteiger partial charge on any atom is -0.458 e. The van der Waals surface area contributed by atoms with Crippen LogP contribution < -0.4 is 5.32 Å². The standard InChI is InChI=1S/C15H15BrN2OS/c1-9-8-20-14(18-9)7-12(17-2)13-6-10-4-3-5-11(16)15(10)19-13/h3-6,8,12,17H,7H2,1-2H3. The quantitative estimate of drug-likeness (QED) is 0.754. The smallest absolute Gasteiger partial charge is 0.148 e. The summed E-state index contributed by atoms with van der Waals surface area (Å²) in [6.45, 7) is 2.02. The molecule has 0 aliphatic carbocycles. The summed E-state index contributed by atoms with van der Waals surface area (Å²) >= 11 is 5.22. The number of likely N-dealkylation sites (N-methyl/N-ethyl adjacent to an activating group) is 1. The Morgan fingerprint density at radius 1 is 1.45 bits per heavy atom. The van der Waals surface area contributed by atoms with Crippen molar-refractivity contribution in [1.29, 1.82) is 0 Å². The van der Waals surface area contributed by atoms with E-state index in [0.717, 1.165) is 38.3 Å². The molecule has 3 aromatic rings. The minimum atomic E-state index is 0.139. The molecule has 0 spiro atoms. The normalized spacial score (nSPS) is 12.9. The summed E-state index contributed by atoms with van der Waals surface area (Å²) in [5.41, 5.74) is 1.98. The van der Waals surface area contributed by atoms with Crippen LogP contribution in [0.2, 0.25) is 0 Å². The first-order valence-corrected chi connectivity index (χ1v) is 8.11. The van der Waals surface area contributed by atoms with Gasteiger partial charge in [-0.1, -0.05) is 12.1 Å². The summed E-state index contributed by atoms with van der Waals surface area (Å²) in [4.78, 5) is 4.52. The fourth-order valence-electron chi connectivity index (χ4n) is 2.24. The highest BCUT2D eigenvalue weighted by molar-refractivity contribution is 9.10. The van der Waals surface area contributed by atoms with Crippen LogP contribution in [0.4, 0.5) is 0 Å². The van der Waals surface area contributed by atoms with Gasteiger partial charge in [-0.25, -0.2) is 4.98 Å². The maximum Gasteiger partial charge on any atom is 0.148 e. The summed E-state index contributed by atoms with van der Waals surface area (Å²) in [6.07, 6.45) is 0.840. The number of aromatic nitrogens is 1. The average Bonchev–Trinajstić information content (AvgIpc) is 3.03. The molecule has 1 atom stereocenters. The molecule has 0 radical (unpaired) electrons. The van der Waals surface area contributed by atoms with Crippen molar-refractivity contribution in [3.63, 3.8) is 0 Å². The molecule has 104 valence electrons. The predicted octanol–water partition coefficient (Wildman–Crippen LogP) is 4.46. The Morgan fingerprint density at radius 2 is 2.30 bits per heavy atom. The van der Waals surface area contributed by atoms with Crippen LogP contribution in [-0.4, -0.2) is 12.0 Å². The zero-order valence-electron chi connectivity index (χ0n) is 11.3. The maximum atomic E-state index is 6.00. The van der Waals surface area contributed by atoms with Crippen LogP contribution in [-0.2, 0) is 6.42 Å². The molecule has 0 amide bonds. The Balaban J connectivity index is 1.92. The number of para-hydroxylation sites is 1. The van der Waals surface area contributed by atoms with Gasteiger partial charge in [-0.05, 0) is 42.0 Å². The van der Waals surface area contributed by atoms with Crippen molar-refractivity contribution in [2.75, 3.05) is 7.05 Å². The number of aryl methyl sites for hydroxylation is 1. The minimum absolute atomic E-state index is 0.139. The van der Waals surface area contributed by atoms with Gasteiger partial charge in [0.05, 0.1) is 15.5 Å². The summed E-state index contributed by atoms with van der Waals surface area (Å²) in [6, 6.07) is 8.31. The number of fused-ring (bicyclic) bond motifs is 1. The van der Waals surface area contributed by atoms with Gasteiger partial charge in [0.2, 0.25) is 0 Å². The summed E-state index contributed by atoms with van der Waals surface area (Å²) < 4.78 is 6.99. The van der Waals surface area contributed by atoms with Crippen LogP contribution in [0.3, 0.4) is 0 Å². The summed E-state index contributed by atoms with van der Waals surface area (Å²) in [5.74, 6) is 0.947. The van der Waals surface area contributed by atoms with Crippen molar-refractivity contribution in [2.24, 2.45) is 0 Å². The molecule has 2 heterocycles. The van der Waals surface area contributed by atoms with E-state index in [2.05, 4.69) is 43.7 Å². The molecule has 0 aliphatic rings. The van der Waals surface area contributed by atoms with Crippen molar-refractivity contribution in [2.45, 2.75) is 19.4 Å². The maximum absolute atomic E-state index is 6.00. The number of nitrogens with one attached hydrogen (secondary N) is 1. The fourth-order valence-corrected chi connectivity index (χ4v) is 3.52. The van der Waals surface area contributed by atoms with Gasteiger partial charge in [-0.2, -0.15) is 0 Å². The zero-order chi connectivity index (χ0) is 14.1. The van der Waals surface area contributed by atoms with Crippen LogP contribution in [0.25, 0.3) is 11.0 Å². The van der Waals surface area contributed by atoms with Crippen LogP contribution in [0.15, 0.2) is 38.5 Å². The molecule has 0 saturated heterocycles. The van der Waals surface area contributed by atoms with E-state index in [1.807, 2.05) is 26.1 Å². The van der Waals surface area contributed by atoms with Crippen molar-refractivity contribution < 1.29 is 4.42 Å². The van der Waals surface area contributed by atoms with Gasteiger partial charge in [-0.15, -0.1) is 11.3 Å². The van der Waals surface area contributed by atoms with Gasteiger partial charge in [0.25, 0.3) is 0 Å². The van der Waals surface area contributed by atoms with Crippen molar-refractivity contribution in [3.8, 4) is 0 Å². The molecule has 0 bridgehead atoms. The molecule has 3 rings (SSSR count). The van der Waals surface area contributed by atoms with Crippen LogP contribution in [0.1, 0.15) is 22.5 Å². The first-order chi connectivity index (χ1) is 9.67. The second kappa shape index (κ2) is 5.68. The van der Waals surface area contributed by atoms with Crippen molar-refractivity contribution >= 4 is 38.2 Å². The highest BCUT2D eigenvalue weighted by Gasteiger charge is 2.17. The highest BCUT2D eigenvalue weighted by atomic mass is 79.9. The molecule has 0 aliphatic heterocycles. The van der Waals surface area contributed by atoms with E-state index >= 15 is 0 Å². The Morgan fingerprint density at radius 3 is 2.95 bits per heavy atom. The molecule has 0 saturated carbocycles. The first-order valence-electron chi connectivity index (χ1n) is 6.43. The monoisotopic (exact) mass is 350 g/mol. The summed E-state index contributed by atoms with van der Waals surface area (Å²) in [7, 11) is 1.95. The van der Waals surface area contributed by atoms with Crippen LogP contribution in [0, 0.1) is 6.92 Å². The molecule has 1 N–H and O–H groups in total. The number of hydrogen-bond acceptors (Lipinski definition) is 4. The lowest BCUT2D eigenvalue weighted by Gasteiger charge is -2.11. The second-order valence-corrected chi connectivity index (χ2v) is 6.53. The van der Waals surface area contributed by atoms with Gasteiger partial charge < -0.3 is 9.73 Å². The van der Waals surface area contributed by atoms with E-state index in [0.29, 0.717) is 0 Å². The van der Waals surface area contributed by atoms with E-state index in [1.54, 1.807) is 11.3 Å². The number of hydrogen-bond donors (Lipinski definition) is 1. The number of rotatable bonds is 4. The van der Waals surface area contributed by atoms with Gasteiger partial charge in [0.15, 0.2) is 0 Å². The lowest BCUT2D eigenvalue weighted by Crippen LogP contribution is -2.18. The van der Waals surface area contributed by atoms with E-state index in [9.17, 15) is 0 Å². The lowest BCUT2D eigenvalue weighted by molar-refractivity contribution is 0.449. The SMILES string of the molecule is CNC(Cc1nc(C)cs1)c1cc2cccc(Br)c2o1. The Bertz CT molecular complexity index is 734. The third-order valence-electron chi connectivity index (χ3n) is 3.25.